The Kier molecular flexibility index (Phi) is 10.1. The lowest BCUT2D eigenvalue weighted by Crippen LogP contribution is -2.48. The van der Waals surface area contributed by atoms with Gasteiger partial charge < -0.3 is 24.6 Å². The molecule has 2 N–H and O–H groups in total. The van der Waals surface area contributed by atoms with Gasteiger partial charge >= 0.3 is 5.97 Å². The van der Waals surface area contributed by atoms with E-state index in [2.05, 4.69) is 22.1 Å². The van der Waals surface area contributed by atoms with Crippen molar-refractivity contribution in [3.05, 3.63) is 101 Å². The van der Waals surface area contributed by atoms with Crippen LogP contribution in [-0.2, 0) is 32.2 Å². The van der Waals surface area contributed by atoms with Gasteiger partial charge in [-0.3, -0.25) is 19.5 Å². The van der Waals surface area contributed by atoms with Crippen molar-refractivity contribution in [2.24, 2.45) is 5.92 Å². The van der Waals surface area contributed by atoms with E-state index in [0.717, 1.165) is 41.6 Å². The molecule has 2 aliphatic rings. The first-order valence-corrected chi connectivity index (χ1v) is 15.4. The number of amides is 1. The topological polar surface area (TPSA) is 110 Å². The predicted octanol–water partition coefficient (Wildman–Crippen LogP) is 5.10. The molecule has 3 heterocycles. The van der Waals surface area contributed by atoms with Gasteiger partial charge in [-0.1, -0.05) is 55.5 Å². The van der Waals surface area contributed by atoms with Crippen molar-refractivity contribution in [3.63, 3.8) is 0 Å². The van der Waals surface area contributed by atoms with Gasteiger partial charge in [0.2, 0.25) is 0 Å². The summed E-state index contributed by atoms with van der Waals surface area (Å²) in [6.07, 6.45) is 3.77. The zero-order valence-electron chi connectivity index (χ0n) is 25.9. The van der Waals surface area contributed by atoms with E-state index in [1.807, 2.05) is 69.3 Å². The number of pyridine rings is 1. The SMILES string of the molecule is CC1C(CN2CCCC2C(=O)OC(C)(C)C)OC(c2ccc(CNC(=O)c3cccnc3)cc2)OC1c1ccc(CO)cc1. The van der Waals surface area contributed by atoms with E-state index in [9.17, 15) is 14.7 Å². The van der Waals surface area contributed by atoms with Crippen LogP contribution in [0.15, 0.2) is 73.1 Å². The Morgan fingerprint density at radius 3 is 2.39 bits per heavy atom. The highest BCUT2D eigenvalue weighted by molar-refractivity contribution is 5.93. The Labute approximate surface area is 259 Å². The molecule has 44 heavy (non-hydrogen) atoms. The highest BCUT2D eigenvalue weighted by atomic mass is 16.7. The first kappa shape index (κ1) is 31.8. The molecule has 0 radical (unpaired) electrons. The second-order valence-electron chi connectivity index (χ2n) is 12.7. The third-order valence-corrected chi connectivity index (χ3v) is 8.21. The number of aromatic nitrogens is 1. The van der Waals surface area contributed by atoms with Crippen molar-refractivity contribution in [2.45, 2.75) is 83.8 Å². The van der Waals surface area contributed by atoms with Gasteiger partial charge in [0, 0.05) is 37.0 Å². The maximum absolute atomic E-state index is 13.1. The molecule has 1 amide bonds. The van der Waals surface area contributed by atoms with Gasteiger partial charge in [0.15, 0.2) is 6.29 Å². The summed E-state index contributed by atoms with van der Waals surface area (Å²) in [4.78, 5) is 31.7. The molecule has 1 aromatic heterocycles. The van der Waals surface area contributed by atoms with Gasteiger partial charge in [-0.15, -0.1) is 0 Å². The Morgan fingerprint density at radius 1 is 1.02 bits per heavy atom. The number of aliphatic hydroxyl groups excluding tert-OH is 1. The van der Waals surface area contributed by atoms with Gasteiger partial charge in [0.05, 0.1) is 24.4 Å². The molecule has 234 valence electrons. The second-order valence-corrected chi connectivity index (χ2v) is 12.7. The second kappa shape index (κ2) is 14.0. The number of hydrogen-bond donors (Lipinski definition) is 2. The van der Waals surface area contributed by atoms with E-state index in [4.69, 9.17) is 14.2 Å². The molecule has 5 unspecified atom stereocenters. The highest BCUT2D eigenvalue weighted by Crippen LogP contribution is 2.42. The number of nitrogens with zero attached hydrogens (tertiary/aromatic N) is 2. The molecule has 3 aromatic rings. The van der Waals surface area contributed by atoms with Gasteiger partial charge in [-0.25, -0.2) is 0 Å². The van der Waals surface area contributed by atoms with Gasteiger partial charge in [-0.05, 0) is 69.0 Å². The van der Waals surface area contributed by atoms with Crippen LogP contribution in [0.25, 0.3) is 0 Å². The number of carbonyl (C=O) groups excluding carboxylic acids is 2. The van der Waals surface area contributed by atoms with Crippen molar-refractivity contribution >= 4 is 11.9 Å². The predicted molar refractivity (Wildman–Crippen MR) is 165 cm³/mol. The van der Waals surface area contributed by atoms with Crippen LogP contribution < -0.4 is 5.32 Å². The Morgan fingerprint density at radius 2 is 1.73 bits per heavy atom. The molecule has 9 nitrogen and oxygen atoms in total. The molecule has 2 saturated heterocycles. The molecule has 5 atom stereocenters. The number of hydrogen-bond acceptors (Lipinski definition) is 8. The third kappa shape index (κ3) is 7.90. The molecular weight excluding hydrogens is 558 g/mol. The summed E-state index contributed by atoms with van der Waals surface area (Å²) in [5.74, 6) is -0.374. The first-order chi connectivity index (χ1) is 21.1. The van der Waals surface area contributed by atoms with Crippen LogP contribution >= 0.6 is 0 Å². The van der Waals surface area contributed by atoms with E-state index in [1.54, 1.807) is 24.5 Å². The standard InChI is InChI=1S/C35H43N3O6/c1-23-30(21-38-18-6-8-29(38)33(41)44-35(2,3)4)42-34(43-31(23)26-13-11-25(22-39)12-14-26)27-15-9-24(10-16-27)19-37-32(40)28-7-5-17-36-20-28/h5,7,9-17,20,23,29-31,34,39H,6,8,18-19,21-22H2,1-4H3,(H,37,40). The van der Waals surface area contributed by atoms with Gasteiger partial charge in [0.1, 0.15) is 11.6 Å². The summed E-state index contributed by atoms with van der Waals surface area (Å²) in [6, 6.07) is 18.9. The average molecular weight is 602 g/mol. The van der Waals surface area contributed by atoms with Crippen LogP contribution in [-0.4, -0.2) is 57.7 Å². The maximum Gasteiger partial charge on any atom is 0.323 e. The van der Waals surface area contributed by atoms with Crippen molar-refractivity contribution in [2.75, 3.05) is 13.1 Å². The van der Waals surface area contributed by atoms with Crippen molar-refractivity contribution in [3.8, 4) is 0 Å². The number of carbonyl (C=O) groups is 2. The van der Waals surface area contributed by atoms with Gasteiger partial charge in [-0.2, -0.15) is 0 Å². The lowest BCUT2D eigenvalue weighted by atomic mass is 9.90. The smallest absolute Gasteiger partial charge is 0.323 e. The monoisotopic (exact) mass is 601 g/mol. The van der Waals surface area contributed by atoms with Crippen LogP contribution in [0.1, 0.15) is 85.5 Å². The molecule has 2 aromatic carbocycles. The van der Waals surface area contributed by atoms with Crippen LogP contribution in [0.2, 0.25) is 0 Å². The summed E-state index contributed by atoms with van der Waals surface area (Å²) >= 11 is 0. The number of rotatable bonds is 9. The lowest BCUT2D eigenvalue weighted by Gasteiger charge is -2.43. The first-order valence-electron chi connectivity index (χ1n) is 15.4. The molecule has 0 bridgehead atoms. The zero-order valence-corrected chi connectivity index (χ0v) is 25.9. The minimum Gasteiger partial charge on any atom is -0.459 e. The summed E-state index contributed by atoms with van der Waals surface area (Å²) in [5.41, 5.74) is 3.63. The fourth-order valence-electron chi connectivity index (χ4n) is 5.81. The third-order valence-electron chi connectivity index (χ3n) is 8.21. The summed E-state index contributed by atoms with van der Waals surface area (Å²) < 4.78 is 19.0. The van der Waals surface area contributed by atoms with Crippen LogP contribution in [0.5, 0.6) is 0 Å². The number of esters is 1. The van der Waals surface area contributed by atoms with Crippen molar-refractivity contribution in [1.82, 2.24) is 15.2 Å². The Balaban J connectivity index is 1.32. The van der Waals surface area contributed by atoms with Crippen LogP contribution in [0.3, 0.4) is 0 Å². The zero-order chi connectivity index (χ0) is 31.3. The van der Waals surface area contributed by atoms with E-state index >= 15 is 0 Å². The number of ether oxygens (including phenoxy) is 3. The number of nitrogens with one attached hydrogen (secondary N) is 1. The number of benzene rings is 2. The van der Waals surface area contributed by atoms with Crippen molar-refractivity contribution < 1.29 is 28.9 Å². The highest BCUT2D eigenvalue weighted by Gasteiger charge is 2.42. The summed E-state index contributed by atoms with van der Waals surface area (Å²) in [5, 5.41) is 12.5. The van der Waals surface area contributed by atoms with E-state index in [0.29, 0.717) is 18.7 Å². The average Bonchev–Trinajstić information content (AvgIpc) is 3.49. The fourth-order valence-corrected chi connectivity index (χ4v) is 5.81. The maximum atomic E-state index is 13.1. The molecule has 2 fully saturated rings. The largest absolute Gasteiger partial charge is 0.459 e. The fraction of sp³-hybridized carbons (Fsp3) is 0.457. The lowest BCUT2D eigenvalue weighted by molar-refractivity contribution is -0.276. The molecule has 2 aliphatic heterocycles. The molecule has 0 aliphatic carbocycles. The molecule has 9 heteroatoms. The number of aliphatic hydroxyl groups is 1. The normalized spacial score (nSPS) is 24.2. The van der Waals surface area contributed by atoms with Crippen LogP contribution in [0, 0.1) is 5.92 Å². The van der Waals surface area contributed by atoms with Crippen LogP contribution in [0.4, 0.5) is 0 Å². The van der Waals surface area contributed by atoms with E-state index < -0.39 is 11.9 Å². The minimum absolute atomic E-state index is 0.00641. The van der Waals surface area contributed by atoms with Gasteiger partial charge in [0.25, 0.3) is 5.91 Å². The summed E-state index contributed by atoms with van der Waals surface area (Å²) in [6.45, 7) is 9.54. The quantitative estimate of drug-likeness (QED) is 0.326. The van der Waals surface area contributed by atoms with E-state index in [-0.39, 0.29) is 42.7 Å². The molecule has 5 rings (SSSR count). The molecular formula is C35H43N3O6. The summed E-state index contributed by atoms with van der Waals surface area (Å²) in [7, 11) is 0. The molecule has 0 spiro atoms. The number of likely N-dealkylation sites (tertiary alicyclic amines) is 1. The van der Waals surface area contributed by atoms with E-state index in [1.165, 1.54) is 0 Å². The Hall–Kier alpha value is -3.63. The minimum atomic E-state index is -0.625. The van der Waals surface area contributed by atoms with Crippen molar-refractivity contribution in [1.29, 1.82) is 0 Å². The molecule has 0 saturated carbocycles. The Bertz CT molecular complexity index is 1390.